The highest BCUT2D eigenvalue weighted by atomic mass is 35.5. The lowest BCUT2D eigenvalue weighted by atomic mass is 10.0. The molecule has 0 bridgehead atoms. The second-order valence-corrected chi connectivity index (χ2v) is 5.81. The molecule has 1 aliphatic rings. The number of rotatable bonds is 8. The van der Waals surface area contributed by atoms with E-state index in [1.165, 1.54) is 0 Å². The lowest BCUT2D eigenvalue weighted by Gasteiger charge is -2.37. The maximum Gasteiger partial charge on any atom is 0.237 e. The molecule has 25 heavy (non-hydrogen) atoms. The number of carbonyl (C=O) groups is 1. The van der Waals surface area contributed by atoms with Crippen LogP contribution in [0.2, 0.25) is 0 Å². The van der Waals surface area contributed by atoms with Crippen LogP contribution in [0.5, 0.6) is 5.75 Å². The summed E-state index contributed by atoms with van der Waals surface area (Å²) >= 11 is 0. The number of hydrogen-bond donors (Lipinski definition) is 1. The summed E-state index contributed by atoms with van der Waals surface area (Å²) in [5, 5.41) is 3.41. The number of amides is 1. The van der Waals surface area contributed by atoms with Crippen molar-refractivity contribution in [1.82, 2.24) is 15.1 Å². The molecule has 1 N–H and O–H groups in total. The van der Waals surface area contributed by atoms with Crippen LogP contribution in [0.1, 0.15) is 11.6 Å². The molecule has 1 atom stereocenters. The van der Waals surface area contributed by atoms with Gasteiger partial charge in [0.05, 0.1) is 19.7 Å². The van der Waals surface area contributed by atoms with Crippen molar-refractivity contribution in [3.05, 3.63) is 55.1 Å². The minimum absolute atomic E-state index is 0. The summed E-state index contributed by atoms with van der Waals surface area (Å²) in [7, 11) is 1.68. The van der Waals surface area contributed by atoms with E-state index in [0.29, 0.717) is 19.6 Å². The van der Waals surface area contributed by atoms with E-state index in [2.05, 4.69) is 29.4 Å². The summed E-state index contributed by atoms with van der Waals surface area (Å²) in [6.07, 6.45) is 3.49. The van der Waals surface area contributed by atoms with Crippen molar-refractivity contribution in [1.29, 1.82) is 0 Å². The Kier molecular flexibility index (Phi) is 9.27. The summed E-state index contributed by atoms with van der Waals surface area (Å²) in [6.45, 7) is 11.4. The topological polar surface area (TPSA) is 44.8 Å². The normalized spacial score (nSPS) is 17.2. The monoisotopic (exact) mass is 365 g/mol. The van der Waals surface area contributed by atoms with Gasteiger partial charge < -0.3 is 15.0 Å². The molecule has 2 rings (SSSR count). The second kappa shape index (κ2) is 10.9. The van der Waals surface area contributed by atoms with Crippen molar-refractivity contribution < 1.29 is 9.53 Å². The molecule has 1 saturated heterocycles. The Morgan fingerprint density at radius 1 is 1.36 bits per heavy atom. The molecule has 0 aliphatic carbocycles. The number of methoxy groups -OCH3 is 1. The van der Waals surface area contributed by atoms with Gasteiger partial charge in [0.15, 0.2) is 0 Å². The van der Waals surface area contributed by atoms with E-state index in [1.807, 2.05) is 18.2 Å². The van der Waals surface area contributed by atoms with Gasteiger partial charge in [0.25, 0.3) is 0 Å². The zero-order chi connectivity index (χ0) is 17.4. The highest BCUT2D eigenvalue weighted by molar-refractivity contribution is 5.85. The molecule has 0 spiro atoms. The number of hydrogen-bond acceptors (Lipinski definition) is 4. The van der Waals surface area contributed by atoms with Gasteiger partial charge in [-0.15, -0.1) is 25.6 Å². The molecule has 6 heteroatoms. The number of carbonyl (C=O) groups excluding carboxylic acids is 1. The van der Waals surface area contributed by atoms with Gasteiger partial charge >= 0.3 is 0 Å². The van der Waals surface area contributed by atoms with Crippen LogP contribution in [0.15, 0.2) is 49.6 Å². The minimum atomic E-state index is 0. The quantitative estimate of drug-likeness (QED) is 0.718. The highest BCUT2D eigenvalue weighted by Crippen LogP contribution is 2.29. The first-order valence-electron chi connectivity index (χ1n) is 8.28. The first-order chi connectivity index (χ1) is 11.7. The molecule has 138 valence electrons. The number of benzene rings is 1. The van der Waals surface area contributed by atoms with Gasteiger partial charge in [0.1, 0.15) is 5.75 Å². The number of ether oxygens (including phenoxy) is 1. The van der Waals surface area contributed by atoms with Gasteiger partial charge in [-0.2, -0.15) is 0 Å². The lowest BCUT2D eigenvalue weighted by Crippen LogP contribution is -2.50. The Morgan fingerprint density at radius 2 is 2.04 bits per heavy atom. The average Bonchev–Trinajstić information content (AvgIpc) is 2.62. The fraction of sp³-hybridized carbons (Fsp3) is 0.421. The fourth-order valence-corrected chi connectivity index (χ4v) is 3.05. The van der Waals surface area contributed by atoms with Crippen LogP contribution < -0.4 is 10.1 Å². The Labute approximate surface area is 156 Å². The zero-order valence-electron chi connectivity index (χ0n) is 14.8. The van der Waals surface area contributed by atoms with E-state index in [-0.39, 0.29) is 24.4 Å². The van der Waals surface area contributed by atoms with Crippen LogP contribution in [0.25, 0.3) is 0 Å². The van der Waals surface area contributed by atoms with E-state index in [4.69, 9.17) is 4.74 Å². The second-order valence-electron chi connectivity index (χ2n) is 5.81. The molecular formula is C19H28ClN3O2. The van der Waals surface area contributed by atoms with E-state index < -0.39 is 0 Å². The van der Waals surface area contributed by atoms with Crippen LogP contribution in [0, 0.1) is 0 Å². The predicted molar refractivity (Wildman–Crippen MR) is 104 cm³/mol. The number of nitrogens with one attached hydrogen (secondary N) is 1. The summed E-state index contributed by atoms with van der Waals surface area (Å²) in [5.41, 5.74) is 1.11. The Morgan fingerprint density at radius 3 is 2.68 bits per heavy atom. The number of para-hydroxylation sites is 1. The van der Waals surface area contributed by atoms with Crippen molar-refractivity contribution in [2.45, 2.75) is 6.04 Å². The molecule has 1 heterocycles. The third-order valence-corrected chi connectivity index (χ3v) is 4.24. The first kappa shape index (κ1) is 21.2. The van der Waals surface area contributed by atoms with Crippen LogP contribution >= 0.6 is 12.4 Å². The molecule has 1 amide bonds. The van der Waals surface area contributed by atoms with Crippen molar-refractivity contribution in [3.8, 4) is 5.75 Å². The molecule has 1 unspecified atom stereocenters. The fourth-order valence-electron chi connectivity index (χ4n) is 3.05. The number of nitrogens with zero attached hydrogens (tertiary/aromatic N) is 2. The summed E-state index contributed by atoms with van der Waals surface area (Å²) in [5.74, 6) is 0.953. The van der Waals surface area contributed by atoms with Crippen LogP contribution in [0.3, 0.4) is 0 Å². The summed E-state index contributed by atoms with van der Waals surface area (Å²) in [6, 6.07) is 8.12. The maximum absolute atomic E-state index is 12.7. The van der Waals surface area contributed by atoms with Gasteiger partial charge in [0, 0.05) is 38.3 Å². The summed E-state index contributed by atoms with van der Waals surface area (Å²) < 4.78 is 5.50. The average molecular weight is 366 g/mol. The number of piperazine rings is 1. The Hall–Kier alpha value is -1.82. The molecule has 1 aromatic rings. The standard InChI is InChI=1S/C19H27N3O2.ClH/c1-4-11-21(12-5-2)19(23)15-22-13-10-20-14-17(22)16-8-6-7-9-18(16)24-3;/h4-9,17,20H,1-2,10-15H2,3H3;1H. The third-order valence-electron chi connectivity index (χ3n) is 4.24. The molecule has 1 aromatic carbocycles. The molecular weight excluding hydrogens is 338 g/mol. The van der Waals surface area contributed by atoms with E-state index in [0.717, 1.165) is 30.9 Å². The van der Waals surface area contributed by atoms with Crippen molar-refractivity contribution in [2.24, 2.45) is 0 Å². The Balaban J connectivity index is 0.00000312. The van der Waals surface area contributed by atoms with Crippen LogP contribution in [-0.2, 0) is 4.79 Å². The van der Waals surface area contributed by atoms with Gasteiger partial charge in [-0.25, -0.2) is 0 Å². The van der Waals surface area contributed by atoms with Gasteiger partial charge in [0.2, 0.25) is 5.91 Å². The van der Waals surface area contributed by atoms with Crippen molar-refractivity contribution in [2.75, 3.05) is 46.4 Å². The smallest absolute Gasteiger partial charge is 0.237 e. The highest BCUT2D eigenvalue weighted by Gasteiger charge is 2.28. The SMILES string of the molecule is C=CCN(CC=C)C(=O)CN1CCNCC1c1ccccc1OC.Cl. The van der Waals surface area contributed by atoms with Gasteiger partial charge in [-0.1, -0.05) is 30.4 Å². The largest absolute Gasteiger partial charge is 0.496 e. The lowest BCUT2D eigenvalue weighted by molar-refractivity contribution is -0.132. The molecule has 0 radical (unpaired) electrons. The zero-order valence-corrected chi connectivity index (χ0v) is 15.6. The first-order valence-corrected chi connectivity index (χ1v) is 8.28. The maximum atomic E-state index is 12.7. The van der Waals surface area contributed by atoms with E-state index in [9.17, 15) is 4.79 Å². The van der Waals surface area contributed by atoms with Gasteiger partial charge in [-0.3, -0.25) is 9.69 Å². The van der Waals surface area contributed by atoms with Crippen LogP contribution in [-0.4, -0.2) is 62.1 Å². The van der Waals surface area contributed by atoms with E-state index in [1.54, 1.807) is 24.2 Å². The predicted octanol–water partition coefficient (Wildman–Crippen LogP) is 2.26. The molecule has 1 fully saturated rings. The summed E-state index contributed by atoms with van der Waals surface area (Å²) in [4.78, 5) is 16.6. The molecule has 1 aliphatic heterocycles. The molecule has 5 nitrogen and oxygen atoms in total. The van der Waals surface area contributed by atoms with Crippen molar-refractivity contribution >= 4 is 18.3 Å². The minimum Gasteiger partial charge on any atom is -0.496 e. The molecule has 0 aromatic heterocycles. The van der Waals surface area contributed by atoms with Crippen molar-refractivity contribution in [3.63, 3.8) is 0 Å². The van der Waals surface area contributed by atoms with Crippen LogP contribution in [0.4, 0.5) is 0 Å². The van der Waals surface area contributed by atoms with E-state index >= 15 is 0 Å². The third kappa shape index (κ3) is 5.59. The number of halogens is 1. The Bertz CT molecular complexity index is 570. The van der Waals surface area contributed by atoms with Gasteiger partial charge in [-0.05, 0) is 6.07 Å². The molecule has 0 saturated carbocycles.